The number of hydrogen-bond acceptors (Lipinski definition) is 5. The van der Waals surface area contributed by atoms with Crippen molar-refractivity contribution >= 4 is 20.3 Å². The molecule has 0 N–H and O–H groups in total. The summed E-state index contributed by atoms with van der Waals surface area (Å²) in [5.74, 6) is -0.415. The van der Waals surface area contributed by atoms with E-state index in [0.29, 0.717) is 42.0 Å². The van der Waals surface area contributed by atoms with E-state index in [4.69, 9.17) is 13.9 Å². The van der Waals surface area contributed by atoms with Gasteiger partial charge in [-0.2, -0.15) is 0 Å². The van der Waals surface area contributed by atoms with E-state index in [1.54, 1.807) is 13.8 Å². The predicted octanol–water partition coefficient (Wildman–Crippen LogP) is 5.18. The molecule has 0 aromatic heterocycles. The lowest BCUT2D eigenvalue weighted by molar-refractivity contribution is -0.171. The number of carbonyl (C=O) groups is 2. The number of rotatable bonds is 6. The standard InChI is InChI=1S/C24H38O5Si/c1-7-27-22(25)24(23(26)28-8-2)13-18-11-9-10-12-21-20(19(18)14-24)15-29-30(21,16(3)4)17(5)6/h10-12,16-17,19-21H,7-9,13-15H2,1-6H3/b12-10-,18-11-/t19-,20+,21-/m1/s1. The first-order valence-corrected chi connectivity index (χ1v) is 13.7. The molecule has 2 fully saturated rings. The smallest absolute Gasteiger partial charge is 0.323 e. The molecule has 1 saturated carbocycles. The van der Waals surface area contributed by atoms with Crippen LogP contribution in [-0.4, -0.2) is 40.1 Å². The molecule has 168 valence electrons. The van der Waals surface area contributed by atoms with Crippen molar-refractivity contribution < 1.29 is 23.5 Å². The largest absolute Gasteiger partial charge is 0.465 e. The van der Waals surface area contributed by atoms with Crippen LogP contribution in [0.5, 0.6) is 0 Å². The Kier molecular flexibility index (Phi) is 6.97. The molecule has 1 aliphatic heterocycles. The van der Waals surface area contributed by atoms with Gasteiger partial charge in [0.2, 0.25) is 8.32 Å². The maximum Gasteiger partial charge on any atom is 0.323 e. The van der Waals surface area contributed by atoms with Crippen LogP contribution < -0.4 is 0 Å². The minimum atomic E-state index is -2.04. The Labute approximate surface area is 182 Å². The molecule has 3 aliphatic rings. The van der Waals surface area contributed by atoms with Crippen LogP contribution in [0.2, 0.25) is 16.6 Å². The zero-order chi connectivity index (χ0) is 22.1. The number of allylic oxidation sites excluding steroid dienone is 4. The van der Waals surface area contributed by atoms with Crippen LogP contribution in [0.4, 0.5) is 0 Å². The van der Waals surface area contributed by atoms with Crippen molar-refractivity contribution in [2.45, 2.75) is 77.4 Å². The molecule has 6 heteroatoms. The molecule has 3 rings (SSSR count). The first-order chi connectivity index (χ1) is 14.2. The lowest BCUT2D eigenvalue weighted by Crippen LogP contribution is -2.45. The minimum absolute atomic E-state index is 0.153. The number of fused-ring (bicyclic) bond motifs is 3. The Morgan fingerprint density at radius 3 is 2.27 bits per heavy atom. The van der Waals surface area contributed by atoms with Gasteiger partial charge in [0.05, 0.1) is 13.2 Å². The van der Waals surface area contributed by atoms with Gasteiger partial charge in [-0.1, -0.05) is 51.5 Å². The van der Waals surface area contributed by atoms with Crippen molar-refractivity contribution in [1.29, 1.82) is 0 Å². The normalized spacial score (nSPS) is 31.9. The second-order valence-electron chi connectivity index (χ2n) is 9.62. The van der Waals surface area contributed by atoms with Crippen LogP contribution in [0.1, 0.15) is 60.8 Å². The third-order valence-corrected chi connectivity index (χ3v) is 13.5. The van der Waals surface area contributed by atoms with Crippen molar-refractivity contribution in [3.63, 3.8) is 0 Å². The maximum absolute atomic E-state index is 13.0. The van der Waals surface area contributed by atoms with Gasteiger partial charge in [-0.05, 0) is 56.0 Å². The van der Waals surface area contributed by atoms with Crippen LogP contribution in [0.3, 0.4) is 0 Å². The van der Waals surface area contributed by atoms with E-state index in [1.807, 2.05) is 0 Å². The van der Waals surface area contributed by atoms with Crippen molar-refractivity contribution in [3.05, 3.63) is 23.8 Å². The fraction of sp³-hybridized carbons (Fsp3) is 0.750. The summed E-state index contributed by atoms with van der Waals surface area (Å²) in [7, 11) is -2.04. The first-order valence-electron chi connectivity index (χ1n) is 11.6. The zero-order valence-corrected chi connectivity index (χ0v) is 20.4. The molecule has 0 bridgehead atoms. The molecule has 0 spiro atoms. The SMILES string of the molecule is CCOC(=O)C1(C(=O)OCC)C/C2=C/C/C=C\[C@@H]3[C@@H](CO[Si]3(C(C)C)C(C)C)[C@@H]2C1. The van der Waals surface area contributed by atoms with Gasteiger partial charge in [0.1, 0.15) is 0 Å². The van der Waals surface area contributed by atoms with Crippen LogP contribution in [0, 0.1) is 17.3 Å². The van der Waals surface area contributed by atoms with Crippen LogP contribution in [0.15, 0.2) is 23.8 Å². The fourth-order valence-corrected chi connectivity index (χ4v) is 11.9. The molecule has 3 atom stereocenters. The minimum Gasteiger partial charge on any atom is -0.465 e. The number of esters is 2. The Morgan fingerprint density at radius 2 is 1.73 bits per heavy atom. The second-order valence-corrected chi connectivity index (χ2v) is 14.6. The lowest BCUT2D eigenvalue weighted by Gasteiger charge is -2.40. The summed E-state index contributed by atoms with van der Waals surface area (Å²) >= 11 is 0. The Bertz CT molecular complexity index is 697. The van der Waals surface area contributed by atoms with E-state index < -0.39 is 25.7 Å². The van der Waals surface area contributed by atoms with Gasteiger partial charge >= 0.3 is 11.9 Å². The molecule has 0 amide bonds. The average molecular weight is 435 g/mol. The Balaban J connectivity index is 2.01. The van der Waals surface area contributed by atoms with Crippen molar-refractivity contribution in [3.8, 4) is 0 Å². The monoisotopic (exact) mass is 434 g/mol. The van der Waals surface area contributed by atoms with E-state index in [0.717, 1.165) is 6.42 Å². The lowest BCUT2D eigenvalue weighted by atomic mass is 9.80. The van der Waals surface area contributed by atoms with Gasteiger partial charge in [-0.25, -0.2) is 0 Å². The summed E-state index contributed by atoms with van der Waals surface area (Å²) in [4.78, 5) is 26.1. The molecular weight excluding hydrogens is 396 g/mol. The zero-order valence-electron chi connectivity index (χ0n) is 19.4. The van der Waals surface area contributed by atoms with Gasteiger partial charge in [0.15, 0.2) is 5.41 Å². The van der Waals surface area contributed by atoms with E-state index in [9.17, 15) is 9.59 Å². The highest BCUT2D eigenvalue weighted by molar-refractivity contribution is 6.78. The first kappa shape index (κ1) is 23.3. The number of hydrogen-bond donors (Lipinski definition) is 0. The molecule has 2 aliphatic carbocycles. The third-order valence-electron chi connectivity index (χ3n) is 7.57. The predicted molar refractivity (Wildman–Crippen MR) is 119 cm³/mol. The summed E-state index contributed by atoms with van der Waals surface area (Å²) < 4.78 is 17.5. The quantitative estimate of drug-likeness (QED) is 0.249. The summed E-state index contributed by atoms with van der Waals surface area (Å²) in [6, 6.07) is 0. The number of carbonyl (C=O) groups excluding carboxylic acids is 2. The highest BCUT2D eigenvalue weighted by atomic mass is 28.4. The highest BCUT2D eigenvalue weighted by Gasteiger charge is 2.62. The van der Waals surface area contributed by atoms with Crippen molar-refractivity contribution in [2.24, 2.45) is 17.3 Å². The van der Waals surface area contributed by atoms with E-state index in [-0.39, 0.29) is 19.1 Å². The Hall–Kier alpha value is -1.40. The summed E-state index contributed by atoms with van der Waals surface area (Å²) in [6.45, 7) is 14.0. The molecule has 30 heavy (non-hydrogen) atoms. The molecule has 0 unspecified atom stereocenters. The fourth-order valence-electron chi connectivity index (χ4n) is 6.29. The van der Waals surface area contributed by atoms with E-state index in [2.05, 4.69) is 45.9 Å². The summed E-state index contributed by atoms with van der Waals surface area (Å²) in [5, 5.41) is 0. The molecule has 0 aromatic carbocycles. The van der Waals surface area contributed by atoms with Gasteiger partial charge in [0.25, 0.3) is 0 Å². The third kappa shape index (κ3) is 3.60. The van der Waals surface area contributed by atoms with Crippen LogP contribution in [0.25, 0.3) is 0 Å². The topological polar surface area (TPSA) is 61.8 Å². The Morgan fingerprint density at radius 1 is 1.13 bits per heavy atom. The average Bonchev–Trinajstić information content (AvgIpc) is 3.23. The molecule has 0 aromatic rings. The van der Waals surface area contributed by atoms with E-state index in [1.165, 1.54) is 5.57 Å². The van der Waals surface area contributed by atoms with Gasteiger partial charge < -0.3 is 13.9 Å². The summed E-state index contributed by atoms with van der Waals surface area (Å²) in [6.07, 6.45) is 8.57. The summed E-state index contributed by atoms with van der Waals surface area (Å²) in [5.41, 5.74) is 1.39. The maximum atomic E-state index is 13.0. The van der Waals surface area contributed by atoms with Gasteiger partial charge in [0, 0.05) is 12.1 Å². The molecule has 0 radical (unpaired) electrons. The van der Waals surface area contributed by atoms with E-state index >= 15 is 0 Å². The molecule has 1 saturated heterocycles. The van der Waals surface area contributed by atoms with Gasteiger partial charge in [-0.3, -0.25) is 9.59 Å². The second kappa shape index (κ2) is 8.99. The molecule has 1 heterocycles. The van der Waals surface area contributed by atoms with Crippen molar-refractivity contribution in [2.75, 3.05) is 19.8 Å². The van der Waals surface area contributed by atoms with Crippen LogP contribution in [-0.2, 0) is 23.5 Å². The van der Waals surface area contributed by atoms with Gasteiger partial charge in [-0.15, -0.1) is 0 Å². The highest BCUT2D eigenvalue weighted by Crippen LogP contribution is 2.60. The number of ether oxygens (including phenoxy) is 2. The van der Waals surface area contributed by atoms with Crippen LogP contribution >= 0.6 is 0 Å². The molecular formula is C24H38O5Si. The van der Waals surface area contributed by atoms with Crippen molar-refractivity contribution in [1.82, 2.24) is 0 Å². The molecule has 5 nitrogen and oxygen atoms in total.